The van der Waals surface area contributed by atoms with Gasteiger partial charge in [-0.15, -0.1) is 11.8 Å². The molecule has 0 nitrogen and oxygen atoms in total. The van der Waals surface area contributed by atoms with Crippen molar-refractivity contribution < 1.29 is 0 Å². The Morgan fingerprint density at radius 2 is 1.59 bits per heavy atom. The minimum Gasteiger partial charge on any atom is -0.120 e. The molecule has 0 aromatic heterocycles. The fourth-order valence-corrected chi connectivity index (χ4v) is 5.59. The van der Waals surface area contributed by atoms with Gasteiger partial charge in [0.1, 0.15) is 0 Å². The molecule has 1 aliphatic carbocycles. The zero-order valence-corrected chi connectivity index (χ0v) is 18.4. The van der Waals surface area contributed by atoms with Gasteiger partial charge in [0.05, 0.1) is 5.02 Å². The van der Waals surface area contributed by atoms with E-state index in [0.29, 0.717) is 0 Å². The maximum Gasteiger partial charge on any atom is 0.0544 e. The molecule has 2 aromatic rings. The summed E-state index contributed by atoms with van der Waals surface area (Å²) in [5.74, 6) is 2.74. The van der Waals surface area contributed by atoms with E-state index in [0.717, 1.165) is 35.5 Å². The van der Waals surface area contributed by atoms with Crippen molar-refractivity contribution >= 4 is 23.4 Å². The highest BCUT2D eigenvalue weighted by molar-refractivity contribution is 7.98. The molecule has 0 unspecified atom stereocenters. The Hall–Kier alpha value is -0.920. The van der Waals surface area contributed by atoms with E-state index in [2.05, 4.69) is 56.3 Å². The zero-order valence-electron chi connectivity index (χ0n) is 16.8. The molecule has 146 valence electrons. The minimum absolute atomic E-state index is 0.778. The predicted molar refractivity (Wildman–Crippen MR) is 121 cm³/mol. The summed E-state index contributed by atoms with van der Waals surface area (Å²) in [6, 6.07) is 15.9. The molecule has 0 bridgehead atoms. The minimum atomic E-state index is 0.778. The van der Waals surface area contributed by atoms with Gasteiger partial charge in [-0.1, -0.05) is 75.0 Å². The molecule has 3 rings (SSSR count). The lowest BCUT2D eigenvalue weighted by Gasteiger charge is -2.28. The van der Waals surface area contributed by atoms with Gasteiger partial charge < -0.3 is 0 Å². The SMILES string of the molecule is CCCc1ccc(SCc2ccc(C3CCC(CCC)CC3)cc2)c(Cl)c1. The van der Waals surface area contributed by atoms with Gasteiger partial charge >= 0.3 is 0 Å². The van der Waals surface area contributed by atoms with E-state index in [1.165, 1.54) is 54.5 Å². The van der Waals surface area contributed by atoms with Crippen molar-refractivity contribution in [1.29, 1.82) is 0 Å². The Bertz CT molecular complexity index is 699. The summed E-state index contributed by atoms with van der Waals surface area (Å²) in [6.07, 6.45) is 10.6. The Balaban J connectivity index is 1.52. The van der Waals surface area contributed by atoms with Gasteiger partial charge in [-0.05, 0) is 72.8 Å². The quantitative estimate of drug-likeness (QED) is 0.399. The first-order valence-corrected chi connectivity index (χ1v) is 12.1. The highest BCUT2D eigenvalue weighted by Crippen LogP contribution is 2.38. The van der Waals surface area contributed by atoms with Crippen LogP contribution in [0.15, 0.2) is 47.4 Å². The third-order valence-corrected chi connectivity index (χ3v) is 7.49. The summed E-state index contributed by atoms with van der Waals surface area (Å²) in [5, 5.41) is 0.895. The Kier molecular flexibility index (Phi) is 8.15. The zero-order chi connectivity index (χ0) is 19.1. The van der Waals surface area contributed by atoms with Gasteiger partial charge in [-0.3, -0.25) is 0 Å². The molecule has 0 aliphatic heterocycles. The smallest absolute Gasteiger partial charge is 0.0544 e. The first-order chi connectivity index (χ1) is 13.2. The highest BCUT2D eigenvalue weighted by atomic mass is 35.5. The lowest BCUT2D eigenvalue weighted by Crippen LogP contribution is -2.13. The molecule has 1 aliphatic rings. The van der Waals surface area contributed by atoms with Crippen LogP contribution in [0.5, 0.6) is 0 Å². The van der Waals surface area contributed by atoms with Crippen LogP contribution in [0, 0.1) is 5.92 Å². The number of hydrogen-bond acceptors (Lipinski definition) is 1. The molecule has 0 atom stereocenters. The van der Waals surface area contributed by atoms with Crippen molar-refractivity contribution in [2.24, 2.45) is 5.92 Å². The number of hydrogen-bond donors (Lipinski definition) is 0. The summed E-state index contributed by atoms with van der Waals surface area (Å²) >= 11 is 8.31. The molecule has 1 saturated carbocycles. The fourth-order valence-electron chi connectivity index (χ4n) is 4.35. The normalized spacial score (nSPS) is 20.0. The number of thioether (sulfide) groups is 1. The first kappa shape index (κ1) is 20.8. The van der Waals surface area contributed by atoms with E-state index in [-0.39, 0.29) is 0 Å². The summed E-state index contributed by atoms with van der Waals surface area (Å²) in [7, 11) is 0. The van der Waals surface area contributed by atoms with Crippen molar-refractivity contribution in [3.63, 3.8) is 0 Å². The van der Waals surface area contributed by atoms with Gasteiger partial charge in [0.15, 0.2) is 0 Å². The lowest BCUT2D eigenvalue weighted by molar-refractivity contribution is 0.308. The number of halogens is 1. The average molecular weight is 401 g/mol. The fraction of sp³-hybridized carbons (Fsp3) is 0.520. The van der Waals surface area contributed by atoms with Crippen LogP contribution >= 0.6 is 23.4 Å². The third-order valence-electron chi connectivity index (χ3n) is 5.92. The van der Waals surface area contributed by atoms with Crippen molar-refractivity contribution in [2.45, 2.75) is 81.8 Å². The van der Waals surface area contributed by atoms with E-state index in [1.54, 1.807) is 5.56 Å². The molecule has 2 aromatic carbocycles. The topological polar surface area (TPSA) is 0 Å². The van der Waals surface area contributed by atoms with Gasteiger partial charge in [-0.25, -0.2) is 0 Å². The van der Waals surface area contributed by atoms with Crippen molar-refractivity contribution in [2.75, 3.05) is 0 Å². The van der Waals surface area contributed by atoms with Crippen LogP contribution in [0.25, 0.3) is 0 Å². The van der Waals surface area contributed by atoms with Crippen molar-refractivity contribution in [1.82, 2.24) is 0 Å². The molecule has 0 heterocycles. The van der Waals surface area contributed by atoms with E-state index < -0.39 is 0 Å². The van der Waals surface area contributed by atoms with E-state index in [4.69, 9.17) is 11.6 Å². The van der Waals surface area contributed by atoms with Gasteiger partial charge in [0.2, 0.25) is 0 Å². The number of aryl methyl sites for hydroxylation is 1. The molecular formula is C25H33ClS. The molecule has 0 spiro atoms. The summed E-state index contributed by atoms with van der Waals surface area (Å²) in [5.41, 5.74) is 4.27. The van der Waals surface area contributed by atoms with Gasteiger partial charge in [-0.2, -0.15) is 0 Å². The largest absolute Gasteiger partial charge is 0.120 e. The second-order valence-electron chi connectivity index (χ2n) is 8.05. The molecule has 2 heteroatoms. The monoisotopic (exact) mass is 400 g/mol. The molecule has 0 saturated heterocycles. The van der Waals surface area contributed by atoms with Crippen LogP contribution in [-0.4, -0.2) is 0 Å². The van der Waals surface area contributed by atoms with Crippen LogP contribution in [-0.2, 0) is 12.2 Å². The average Bonchev–Trinajstić information content (AvgIpc) is 2.69. The highest BCUT2D eigenvalue weighted by Gasteiger charge is 2.21. The maximum absolute atomic E-state index is 6.47. The first-order valence-electron chi connectivity index (χ1n) is 10.7. The third kappa shape index (κ3) is 6.03. The number of benzene rings is 2. The van der Waals surface area contributed by atoms with Crippen molar-refractivity contribution in [3.8, 4) is 0 Å². The number of rotatable bonds is 8. The van der Waals surface area contributed by atoms with Crippen LogP contribution < -0.4 is 0 Å². The van der Waals surface area contributed by atoms with Crippen LogP contribution in [0.4, 0.5) is 0 Å². The van der Waals surface area contributed by atoms with E-state index in [9.17, 15) is 0 Å². The second kappa shape index (κ2) is 10.6. The molecule has 0 amide bonds. The Morgan fingerprint density at radius 3 is 2.22 bits per heavy atom. The summed E-state index contributed by atoms with van der Waals surface area (Å²) < 4.78 is 0. The van der Waals surface area contributed by atoms with Crippen LogP contribution in [0.1, 0.15) is 81.4 Å². The Labute approximate surface area is 175 Å². The lowest BCUT2D eigenvalue weighted by atomic mass is 9.77. The predicted octanol–water partition coefficient (Wildman–Crippen LogP) is 8.66. The maximum atomic E-state index is 6.47. The summed E-state index contributed by atoms with van der Waals surface area (Å²) in [4.78, 5) is 1.19. The van der Waals surface area contributed by atoms with Gasteiger partial charge in [0.25, 0.3) is 0 Å². The van der Waals surface area contributed by atoms with Gasteiger partial charge in [0, 0.05) is 10.6 Å². The molecule has 1 fully saturated rings. The molecule has 0 radical (unpaired) electrons. The van der Waals surface area contributed by atoms with E-state index >= 15 is 0 Å². The Morgan fingerprint density at radius 1 is 0.889 bits per heavy atom. The molecule has 0 N–H and O–H groups in total. The standard InChI is InChI=1S/C25H33ClS/c1-3-5-19-7-12-22(13-8-19)23-14-9-21(10-15-23)18-27-25-16-11-20(6-4-2)17-24(25)26/h9-11,14-17,19,22H,3-8,12-13,18H2,1-2H3. The van der Waals surface area contributed by atoms with Crippen molar-refractivity contribution in [3.05, 3.63) is 64.2 Å². The second-order valence-corrected chi connectivity index (χ2v) is 9.48. The van der Waals surface area contributed by atoms with E-state index in [1.807, 2.05) is 11.8 Å². The molecule has 27 heavy (non-hydrogen) atoms. The molecular weight excluding hydrogens is 368 g/mol. The summed E-state index contributed by atoms with van der Waals surface area (Å²) in [6.45, 7) is 4.52. The van der Waals surface area contributed by atoms with Crippen LogP contribution in [0.3, 0.4) is 0 Å². The van der Waals surface area contributed by atoms with Crippen LogP contribution in [0.2, 0.25) is 5.02 Å².